The van der Waals surface area contributed by atoms with E-state index in [1.54, 1.807) is 0 Å². The SMILES string of the molecule is CS(=O)(=O)c1cc(C(=O)NCC(O)CO)ccc1Cl. The molecule has 1 amide bonds. The molecular formula is C11H14ClNO5S. The number of hydrogen-bond donors (Lipinski definition) is 3. The first-order valence-corrected chi connectivity index (χ1v) is 7.59. The molecule has 0 bridgehead atoms. The minimum atomic E-state index is -3.53. The molecule has 0 aliphatic heterocycles. The number of benzene rings is 1. The van der Waals surface area contributed by atoms with Gasteiger partial charge >= 0.3 is 0 Å². The third-order valence-corrected chi connectivity index (χ3v) is 3.88. The van der Waals surface area contributed by atoms with Crippen LogP contribution in [0.4, 0.5) is 0 Å². The molecular weight excluding hydrogens is 294 g/mol. The maximum absolute atomic E-state index is 11.7. The predicted octanol–water partition coefficient (Wildman–Crippen LogP) is -0.173. The van der Waals surface area contributed by atoms with Gasteiger partial charge in [0.05, 0.1) is 22.6 Å². The normalized spacial score (nSPS) is 13.1. The molecule has 1 aromatic carbocycles. The number of sulfone groups is 1. The van der Waals surface area contributed by atoms with Gasteiger partial charge in [-0.05, 0) is 18.2 Å². The second kappa shape index (κ2) is 6.33. The summed E-state index contributed by atoms with van der Waals surface area (Å²) in [6.07, 6.45) is -0.0728. The van der Waals surface area contributed by atoms with Gasteiger partial charge in [0.2, 0.25) is 0 Å². The molecule has 3 N–H and O–H groups in total. The molecule has 19 heavy (non-hydrogen) atoms. The summed E-state index contributed by atoms with van der Waals surface area (Å²) in [6, 6.07) is 3.85. The van der Waals surface area contributed by atoms with Crippen molar-refractivity contribution < 1.29 is 23.4 Å². The molecule has 8 heteroatoms. The molecule has 1 rings (SSSR count). The van der Waals surface area contributed by atoms with Gasteiger partial charge in [0.15, 0.2) is 9.84 Å². The fraction of sp³-hybridized carbons (Fsp3) is 0.364. The average Bonchev–Trinajstić information content (AvgIpc) is 2.34. The lowest BCUT2D eigenvalue weighted by molar-refractivity contribution is 0.0802. The number of aliphatic hydroxyl groups is 2. The van der Waals surface area contributed by atoms with Crippen LogP contribution in [0.25, 0.3) is 0 Å². The van der Waals surface area contributed by atoms with Crippen LogP contribution in [0.5, 0.6) is 0 Å². The lowest BCUT2D eigenvalue weighted by atomic mass is 10.2. The van der Waals surface area contributed by atoms with Crippen molar-refractivity contribution >= 4 is 27.3 Å². The van der Waals surface area contributed by atoms with E-state index in [1.807, 2.05) is 0 Å². The van der Waals surface area contributed by atoms with E-state index in [9.17, 15) is 13.2 Å². The van der Waals surface area contributed by atoms with Gasteiger partial charge in [0, 0.05) is 18.4 Å². The quantitative estimate of drug-likeness (QED) is 0.700. The summed E-state index contributed by atoms with van der Waals surface area (Å²) < 4.78 is 22.9. The molecule has 0 saturated heterocycles. The van der Waals surface area contributed by atoms with Crippen molar-refractivity contribution in [2.24, 2.45) is 0 Å². The van der Waals surface area contributed by atoms with Crippen molar-refractivity contribution in [3.05, 3.63) is 28.8 Å². The first-order chi connectivity index (χ1) is 8.75. The molecule has 1 atom stereocenters. The molecule has 0 saturated carbocycles. The van der Waals surface area contributed by atoms with Crippen LogP contribution >= 0.6 is 11.6 Å². The molecule has 0 aliphatic rings. The van der Waals surface area contributed by atoms with E-state index in [0.717, 1.165) is 6.26 Å². The standard InChI is InChI=1S/C11H14ClNO5S/c1-19(17,18)10-4-7(2-3-9(10)12)11(16)13-5-8(15)6-14/h2-4,8,14-15H,5-6H2,1H3,(H,13,16). The first kappa shape index (κ1) is 15.9. The second-order valence-electron chi connectivity index (χ2n) is 3.96. The van der Waals surface area contributed by atoms with Crippen LogP contribution in [0.3, 0.4) is 0 Å². The Labute approximate surface area is 115 Å². The maximum atomic E-state index is 11.7. The van der Waals surface area contributed by atoms with Crippen LogP contribution in [-0.2, 0) is 9.84 Å². The van der Waals surface area contributed by atoms with Gasteiger partial charge in [0.25, 0.3) is 5.91 Å². The Morgan fingerprint density at radius 3 is 2.63 bits per heavy atom. The number of aliphatic hydroxyl groups excluding tert-OH is 2. The molecule has 6 nitrogen and oxygen atoms in total. The molecule has 1 aromatic rings. The van der Waals surface area contributed by atoms with Crippen LogP contribution in [0, 0.1) is 0 Å². The van der Waals surface area contributed by atoms with Gasteiger partial charge in [-0.2, -0.15) is 0 Å². The molecule has 106 valence electrons. The van der Waals surface area contributed by atoms with E-state index in [2.05, 4.69) is 5.32 Å². The molecule has 1 unspecified atom stereocenters. The molecule has 0 radical (unpaired) electrons. The lowest BCUT2D eigenvalue weighted by Gasteiger charge is -2.10. The third kappa shape index (κ3) is 4.46. The predicted molar refractivity (Wildman–Crippen MR) is 70.0 cm³/mol. The van der Waals surface area contributed by atoms with Crippen molar-refractivity contribution in [3.8, 4) is 0 Å². The monoisotopic (exact) mass is 307 g/mol. The fourth-order valence-electron chi connectivity index (χ4n) is 1.31. The summed E-state index contributed by atoms with van der Waals surface area (Å²) >= 11 is 5.75. The Kier molecular flexibility index (Phi) is 5.30. The van der Waals surface area contributed by atoms with Gasteiger partial charge < -0.3 is 15.5 Å². The third-order valence-electron chi connectivity index (χ3n) is 2.30. The van der Waals surface area contributed by atoms with E-state index in [-0.39, 0.29) is 22.0 Å². The van der Waals surface area contributed by atoms with Crippen molar-refractivity contribution in [3.63, 3.8) is 0 Å². The fourth-order valence-corrected chi connectivity index (χ4v) is 2.61. The van der Waals surface area contributed by atoms with E-state index in [1.165, 1.54) is 18.2 Å². The number of nitrogens with one attached hydrogen (secondary N) is 1. The molecule has 0 spiro atoms. The number of rotatable bonds is 5. The summed E-state index contributed by atoms with van der Waals surface area (Å²) in [6.45, 7) is -0.609. The van der Waals surface area contributed by atoms with Crippen molar-refractivity contribution in [1.82, 2.24) is 5.32 Å². The highest BCUT2D eigenvalue weighted by Crippen LogP contribution is 2.22. The van der Waals surface area contributed by atoms with Crippen LogP contribution in [0.2, 0.25) is 5.02 Å². The summed E-state index contributed by atoms with van der Waals surface area (Å²) in [5.74, 6) is -0.561. The van der Waals surface area contributed by atoms with Gasteiger partial charge in [0.1, 0.15) is 0 Å². The van der Waals surface area contributed by atoms with Crippen LogP contribution in [0.1, 0.15) is 10.4 Å². The smallest absolute Gasteiger partial charge is 0.251 e. The topological polar surface area (TPSA) is 104 Å². The molecule has 0 fully saturated rings. The zero-order chi connectivity index (χ0) is 14.6. The molecule has 0 aliphatic carbocycles. The number of carbonyl (C=O) groups excluding carboxylic acids is 1. The van der Waals surface area contributed by atoms with E-state index in [4.69, 9.17) is 21.8 Å². The highest BCUT2D eigenvalue weighted by atomic mass is 35.5. The minimum absolute atomic E-state index is 0.0365. The Balaban J connectivity index is 2.94. The Hall–Kier alpha value is -1.15. The van der Waals surface area contributed by atoms with Crippen molar-refractivity contribution in [1.29, 1.82) is 0 Å². The number of amides is 1. The summed E-state index contributed by atoms with van der Waals surface area (Å²) in [4.78, 5) is 11.6. The zero-order valence-electron chi connectivity index (χ0n) is 10.1. The highest BCUT2D eigenvalue weighted by Gasteiger charge is 2.16. The minimum Gasteiger partial charge on any atom is -0.394 e. The number of halogens is 1. The van der Waals surface area contributed by atoms with Gasteiger partial charge in [-0.15, -0.1) is 0 Å². The summed E-state index contributed by atoms with van der Waals surface area (Å²) in [5.41, 5.74) is 0.106. The first-order valence-electron chi connectivity index (χ1n) is 5.32. The van der Waals surface area contributed by atoms with Crippen LogP contribution < -0.4 is 5.32 Å². The van der Waals surface area contributed by atoms with E-state index in [0.29, 0.717) is 0 Å². The summed E-state index contributed by atoms with van der Waals surface area (Å²) in [7, 11) is -3.53. The summed E-state index contributed by atoms with van der Waals surface area (Å²) in [5, 5.41) is 20.1. The zero-order valence-corrected chi connectivity index (χ0v) is 11.7. The Bertz CT molecular complexity index is 572. The molecule has 0 aromatic heterocycles. The van der Waals surface area contributed by atoms with E-state index >= 15 is 0 Å². The van der Waals surface area contributed by atoms with E-state index < -0.39 is 28.5 Å². The van der Waals surface area contributed by atoms with Crippen LogP contribution in [0.15, 0.2) is 23.1 Å². The van der Waals surface area contributed by atoms with Crippen molar-refractivity contribution in [2.45, 2.75) is 11.0 Å². The Morgan fingerprint density at radius 1 is 1.47 bits per heavy atom. The highest BCUT2D eigenvalue weighted by molar-refractivity contribution is 7.90. The maximum Gasteiger partial charge on any atom is 0.251 e. The van der Waals surface area contributed by atoms with Gasteiger partial charge in [-0.3, -0.25) is 4.79 Å². The van der Waals surface area contributed by atoms with Gasteiger partial charge in [-0.1, -0.05) is 11.6 Å². The lowest BCUT2D eigenvalue weighted by Crippen LogP contribution is -2.33. The molecule has 0 heterocycles. The Morgan fingerprint density at radius 2 is 2.11 bits per heavy atom. The number of carbonyl (C=O) groups is 1. The van der Waals surface area contributed by atoms with Gasteiger partial charge in [-0.25, -0.2) is 8.42 Å². The average molecular weight is 308 g/mol. The van der Waals surface area contributed by atoms with Crippen LogP contribution in [-0.4, -0.2) is 50.0 Å². The number of hydrogen-bond acceptors (Lipinski definition) is 5. The second-order valence-corrected chi connectivity index (χ2v) is 6.36. The van der Waals surface area contributed by atoms with Crippen molar-refractivity contribution in [2.75, 3.05) is 19.4 Å². The largest absolute Gasteiger partial charge is 0.394 e.